The summed E-state index contributed by atoms with van der Waals surface area (Å²) in [6.07, 6.45) is 0. The minimum absolute atomic E-state index is 0.0302. The van der Waals surface area contributed by atoms with Crippen LogP contribution < -0.4 is 5.32 Å². The topological polar surface area (TPSA) is 110 Å². The number of aryl methyl sites for hydroxylation is 1. The van der Waals surface area contributed by atoms with Crippen LogP contribution in [0.3, 0.4) is 0 Å². The quantitative estimate of drug-likeness (QED) is 0.630. The first-order valence-electron chi connectivity index (χ1n) is 5.92. The minimum atomic E-state index is -1.08. The lowest BCUT2D eigenvalue weighted by Crippen LogP contribution is -2.39. The van der Waals surface area contributed by atoms with E-state index in [1.807, 2.05) is 0 Å². The van der Waals surface area contributed by atoms with Gasteiger partial charge in [-0.15, -0.1) is 0 Å². The number of amides is 1. The molecule has 0 saturated heterocycles. The molecular weight excluding hydrogens is 264 g/mol. The number of carbonyl (C=O) groups excluding carboxylic acids is 1. The van der Waals surface area contributed by atoms with E-state index >= 15 is 0 Å². The second kappa shape index (κ2) is 5.68. The summed E-state index contributed by atoms with van der Waals surface area (Å²) >= 11 is 0. The molecule has 1 amide bonds. The van der Waals surface area contributed by atoms with Gasteiger partial charge in [0.05, 0.1) is 10.3 Å². The molecule has 2 N–H and O–H groups in total. The largest absolute Gasteiger partial charge is 0.481 e. The highest BCUT2D eigenvalue weighted by atomic mass is 16.6. The predicted molar refractivity (Wildman–Crippen MR) is 71.6 cm³/mol. The molecular formula is C13H16N2O5. The van der Waals surface area contributed by atoms with Gasteiger partial charge in [-0.3, -0.25) is 19.7 Å². The first kappa shape index (κ1) is 15.6. The molecule has 0 atom stereocenters. The molecule has 0 aliphatic rings. The number of nitrogens with one attached hydrogen (secondary N) is 1. The van der Waals surface area contributed by atoms with Crippen molar-refractivity contribution in [3.63, 3.8) is 0 Å². The van der Waals surface area contributed by atoms with Gasteiger partial charge in [0, 0.05) is 24.2 Å². The van der Waals surface area contributed by atoms with E-state index in [4.69, 9.17) is 5.11 Å². The van der Waals surface area contributed by atoms with E-state index in [0.717, 1.165) is 0 Å². The van der Waals surface area contributed by atoms with E-state index in [-0.39, 0.29) is 17.8 Å². The Morgan fingerprint density at radius 1 is 1.40 bits per heavy atom. The summed E-state index contributed by atoms with van der Waals surface area (Å²) < 4.78 is 0. The van der Waals surface area contributed by atoms with Crippen LogP contribution in [0.4, 0.5) is 5.69 Å². The summed E-state index contributed by atoms with van der Waals surface area (Å²) in [5, 5.41) is 22.1. The van der Waals surface area contributed by atoms with Crippen LogP contribution in [-0.4, -0.2) is 28.5 Å². The van der Waals surface area contributed by atoms with Gasteiger partial charge in [0.25, 0.3) is 11.6 Å². The molecule has 1 aromatic carbocycles. The molecule has 0 unspecified atom stereocenters. The maximum Gasteiger partial charge on any atom is 0.310 e. The van der Waals surface area contributed by atoms with Gasteiger partial charge < -0.3 is 10.4 Å². The molecule has 20 heavy (non-hydrogen) atoms. The van der Waals surface area contributed by atoms with Crippen molar-refractivity contribution in [3.8, 4) is 0 Å². The minimum Gasteiger partial charge on any atom is -0.481 e. The zero-order valence-corrected chi connectivity index (χ0v) is 11.5. The summed E-state index contributed by atoms with van der Waals surface area (Å²) in [4.78, 5) is 32.9. The molecule has 0 bridgehead atoms. The van der Waals surface area contributed by atoms with Crippen LogP contribution in [0.5, 0.6) is 0 Å². The number of nitrogens with zero attached hydrogens (tertiary/aromatic N) is 1. The first-order valence-corrected chi connectivity index (χ1v) is 5.92. The third-order valence-corrected chi connectivity index (χ3v) is 2.94. The fraction of sp³-hybridized carbons (Fsp3) is 0.385. The summed E-state index contributed by atoms with van der Waals surface area (Å²) in [6.45, 7) is 4.55. The van der Waals surface area contributed by atoms with Gasteiger partial charge in [0.1, 0.15) is 0 Å². The summed E-state index contributed by atoms with van der Waals surface area (Å²) in [5.74, 6) is -1.47. The highest BCUT2D eigenvalue weighted by Gasteiger charge is 2.28. The van der Waals surface area contributed by atoms with Crippen molar-refractivity contribution in [2.45, 2.75) is 20.8 Å². The standard InChI is InChI=1S/C13H16N2O5/c1-8-6-9(15(19)20)4-5-10(8)11(16)14-7-13(2,3)12(17)18/h4-6H,7H2,1-3H3,(H,14,16)(H,17,18). The Bertz CT molecular complexity index is 566. The number of carbonyl (C=O) groups is 2. The number of non-ortho nitro benzene ring substituents is 1. The molecule has 0 fully saturated rings. The molecule has 1 aromatic rings. The van der Waals surface area contributed by atoms with E-state index in [2.05, 4.69) is 5.32 Å². The molecule has 0 aliphatic heterocycles. The van der Waals surface area contributed by atoms with E-state index < -0.39 is 22.2 Å². The molecule has 0 heterocycles. The number of benzene rings is 1. The average molecular weight is 280 g/mol. The number of rotatable bonds is 5. The lowest BCUT2D eigenvalue weighted by atomic mass is 9.93. The van der Waals surface area contributed by atoms with Crippen LogP contribution in [0, 0.1) is 22.5 Å². The van der Waals surface area contributed by atoms with E-state index in [0.29, 0.717) is 5.56 Å². The third kappa shape index (κ3) is 3.53. The molecule has 108 valence electrons. The summed E-state index contributed by atoms with van der Waals surface area (Å²) in [6, 6.07) is 3.90. The number of carboxylic acids is 1. The van der Waals surface area contributed by atoms with Crippen molar-refractivity contribution in [2.75, 3.05) is 6.54 Å². The van der Waals surface area contributed by atoms with Crippen LogP contribution in [0.15, 0.2) is 18.2 Å². The highest BCUT2D eigenvalue weighted by Crippen LogP contribution is 2.18. The SMILES string of the molecule is Cc1cc([N+](=O)[O-])ccc1C(=O)NCC(C)(C)C(=O)O. The van der Waals surface area contributed by atoms with Crippen molar-refractivity contribution in [3.05, 3.63) is 39.4 Å². The Labute approximate surface area is 115 Å². The lowest BCUT2D eigenvalue weighted by molar-refractivity contribution is -0.384. The first-order chi connectivity index (χ1) is 9.15. The molecule has 0 saturated carbocycles. The highest BCUT2D eigenvalue weighted by molar-refractivity contribution is 5.96. The Kier molecular flexibility index (Phi) is 4.44. The van der Waals surface area contributed by atoms with E-state index in [1.165, 1.54) is 32.0 Å². The molecule has 0 aromatic heterocycles. The summed E-state index contributed by atoms with van der Waals surface area (Å²) in [7, 11) is 0. The van der Waals surface area contributed by atoms with Crippen molar-refractivity contribution >= 4 is 17.6 Å². The Balaban J connectivity index is 2.84. The molecule has 0 radical (unpaired) electrons. The Hall–Kier alpha value is -2.44. The van der Waals surface area contributed by atoms with Crippen LogP contribution in [0.1, 0.15) is 29.8 Å². The smallest absolute Gasteiger partial charge is 0.310 e. The van der Waals surface area contributed by atoms with E-state index in [1.54, 1.807) is 6.92 Å². The van der Waals surface area contributed by atoms with Gasteiger partial charge in [0.15, 0.2) is 0 Å². The van der Waals surface area contributed by atoms with Crippen LogP contribution in [0.2, 0.25) is 0 Å². The van der Waals surface area contributed by atoms with E-state index in [9.17, 15) is 19.7 Å². The molecule has 7 heteroatoms. The number of hydrogen-bond donors (Lipinski definition) is 2. The fourth-order valence-corrected chi connectivity index (χ4v) is 1.49. The number of aliphatic carboxylic acids is 1. The van der Waals surface area contributed by atoms with Crippen LogP contribution in [-0.2, 0) is 4.79 Å². The third-order valence-electron chi connectivity index (χ3n) is 2.94. The lowest BCUT2D eigenvalue weighted by Gasteiger charge is -2.19. The second-order valence-electron chi connectivity index (χ2n) is 5.13. The van der Waals surface area contributed by atoms with Gasteiger partial charge >= 0.3 is 5.97 Å². The monoisotopic (exact) mass is 280 g/mol. The zero-order chi connectivity index (χ0) is 15.5. The van der Waals surface area contributed by atoms with Crippen molar-refractivity contribution < 1.29 is 19.6 Å². The second-order valence-corrected chi connectivity index (χ2v) is 5.13. The average Bonchev–Trinajstić information content (AvgIpc) is 2.35. The fourth-order valence-electron chi connectivity index (χ4n) is 1.49. The van der Waals surface area contributed by atoms with Crippen LogP contribution >= 0.6 is 0 Å². The summed E-state index contributed by atoms with van der Waals surface area (Å²) in [5.41, 5.74) is -0.420. The zero-order valence-electron chi connectivity index (χ0n) is 11.5. The maximum absolute atomic E-state index is 11.9. The van der Waals surface area contributed by atoms with Gasteiger partial charge in [-0.1, -0.05) is 0 Å². The predicted octanol–water partition coefficient (Wildman–Crippen LogP) is 1.74. The Morgan fingerprint density at radius 3 is 2.45 bits per heavy atom. The van der Waals surface area contributed by atoms with Crippen molar-refractivity contribution in [1.82, 2.24) is 5.32 Å². The molecule has 0 spiro atoms. The Morgan fingerprint density at radius 2 is 2.00 bits per heavy atom. The number of nitro groups is 1. The molecule has 1 rings (SSSR count). The van der Waals surface area contributed by atoms with Crippen molar-refractivity contribution in [2.24, 2.45) is 5.41 Å². The van der Waals surface area contributed by atoms with Gasteiger partial charge in [-0.2, -0.15) is 0 Å². The van der Waals surface area contributed by atoms with Crippen LogP contribution in [0.25, 0.3) is 0 Å². The molecule has 0 aliphatic carbocycles. The normalized spacial score (nSPS) is 10.9. The number of hydrogen-bond acceptors (Lipinski definition) is 4. The number of carboxylic acid groups (broad SMARTS) is 1. The number of nitro benzene ring substituents is 1. The van der Waals surface area contributed by atoms with Gasteiger partial charge in [0.2, 0.25) is 0 Å². The molecule has 7 nitrogen and oxygen atoms in total. The van der Waals surface area contributed by atoms with Crippen molar-refractivity contribution in [1.29, 1.82) is 0 Å². The maximum atomic E-state index is 11.9. The van der Waals surface area contributed by atoms with Gasteiger partial charge in [-0.25, -0.2) is 0 Å². The van der Waals surface area contributed by atoms with Gasteiger partial charge in [-0.05, 0) is 32.4 Å².